The number of nitrogens with one attached hydrogen (secondary N) is 1. The minimum absolute atomic E-state index is 0.231. The number of hydrogen-bond donors (Lipinski definition) is 1. The smallest absolute Gasteiger partial charge is 0.183 e. The molecule has 0 aliphatic heterocycles. The van der Waals surface area contributed by atoms with Crippen molar-refractivity contribution >= 4 is 32.4 Å². The Kier molecular flexibility index (Phi) is 4.12. The van der Waals surface area contributed by atoms with E-state index in [1.807, 2.05) is 6.07 Å². The van der Waals surface area contributed by atoms with Gasteiger partial charge in [0.25, 0.3) is 0 Å². The van der Waals surface area contributed by atoms with Crippen molar-refractivity contribution in [2.45, 2.75) is 13.3 Å². The van der Waals surface area contributed by atoms with Crippen LogP contribution in [0.5, 0.6) is 0 Å². The summed E-state index contributed by atoms with van der Waals surface area (Å²) in [7, 11) is 0. The van der Waals surface area contributed by atoms with E-state index >= 15 is 0 Å². The molecule has 0 aliphatic carbocycles. The monoisotopic (exact) mass is 314 g/mol. The second kappa shape index (κ2) is 5.60. The average molecular weight is 315 g/mol. The molecule has 17 heavy (non-hydrogen) atoms. The molecule has 1 heterocycles. The fourth-order valence-corrected chi connectivity index (χ4v) is 2.60. The minimum Gasteiger partial charge on any atom is -0.362 e. The van der Waals surface area contributed by atoms with Gasteiger partial charge in [0.15, 0.2) is 5.13 Å². The highest BCUT2D eigenvalue weighted by Crippen LogP contribution is 2.31. The SMILES string of the molecule is CCCNc1ncc(-c2ccc(Br)cc2F)s1. The lowest BCUT2D eigenvalue weighted by Crippen LogP contribution is -1.97. The summed E-state index contributed by atoms with van der Waals surface area (Å²) >= 11 is 4.71. The Morgan fingerprint density at radius 1 is 1.47 bits per heavy atom. The zero-order valence-corrected chi connectivity index (χ0v) is 11.7. The molecule has 0 spiro atoms. The van der Waals surface area contributed by atoms with E-state index in [1.54, 1.807) is 12.3 Å². The van der Waals surface area contributed by atoms with Crippen LogP contribution in [0.25, 0.3) is 10.4 Å². The first-order valence-corrected chi connectivity index (χ1v) is 6.96. The largest absolute Gasteiger partial charge is 0.362 e. The van der Waals surface area contributed by atoms with Gasteiger partial charge in [-0.05, 0) is 24.6 Å². The molecule has 0 unspecified atom stereocenters. The zero-order chi connectivity index (χ0) is 12.3. The van der Waals surface area contributed by atoms with Gasteiger partial charge < -0.3 is 5.32 Å². The topological polar surface area (TPSA) is 24.9 Å². The molecule has 0 saturated carbocycles. The molecule has 1 aromatic heterocycles. The molecular formula is C12H12BrFN2S. The van der Waals surface area contributed by atoms with Gasteiger partial charge in [0.1, 0.15) is 5.82 Å². The number of rotatable bonds is 4. The van der Waals surface area contributed by atoms with E-state index in [2.05, 4.69) is 33.2 Å². The van der Waals surface area contributed by atoms with E-state index in [0.29, 0.717) is 5.56 Å². The number of halogens is 2. The van der Waals surface area contributed by atoms with Crippen molar-refractivity contribution in [2.24, 2.45) is 0 Å². The third-order valence-electron chi connectivity index (χ3n) is 2.23. The first-order chi connectivity index (χ1) is 8.20. The van der Waals surface area contributed by atoms with E-state index in [9.17, 15) is 4.39 Å². The number of aromatic nitrogens is 1. The highest BCUT2D eigenvalue weighted by Gasteiger charge is 2.09. The number of benzene rings is 1. The highest BCUT2D eigenvalue weighted by atomic mass is 79.9. The van der Waals surface area contributed by atoms with Crippen molar-refractivity contribution in [1.82, 2.24) is 4.98 Å². The fraction of sp³-hybridized carbons (Fsp3) is 0.250. The molecule has 2 aromatic rings. The van der Waals surface area contributed by atoms with Crippen LogP contribution in [0.2, 0.25) is 0 Å². The van der Waals surface area contributed by atoms with Crippen LogP contribution in [0.4, 0.5) is 9.52 Å². The van der Waals surface area contributed by atoms with Gasteiger partial charge in [-0.15, -0.1) is 0 Å². The lowest BCUT2D eigenvalue weighted by atomic mass is 10.2. The molecule has 90 valence electrons. The minimum atomic E-state index is -0.231. The summed E-state index contributed by atoms with van der Waals surface area (Å²) in [6.45, 7) is 2.98. The molecule has 0 fully saturated rings. The summed E-state index contributed by atoms with van der Waals surface area (Å²) in [5.74, 6) is -0.231. The van der Waals surface area contributed by atoms with Crippen molar-refractivity contribution in [3.8, 4) is 10.4 Å². The van der Waals surface area contributed by atoms with E-state index in [0.717, 1.165) is 27.4 Å². The standard InChI is InChI=1S/C12H12BrFN2S/c1-2-5-15-12-16-7-11(17-12)9-4-3-8(13)6-10(9)14/h3-4,6-7H,2,5H2,1H3,(H,15,16). The molecule has 1 N–H and O–H groups in total. The third-order valence-corrected chi connectivity index (χ3v) is 3.71. The van der Waals surface area contributed by atoms with Gasteiger partial charge in [-0.25, -0.2) is 9.37 Å². The third kappa shape index (κ3) is 3.04. The molecule has 0 aliphatic rings. The van der Waals surface area contributed by atoms with Crippen LogP contribution in [-0.4, -0.2) is 11.5 Å². The van der Waals surface area contributed by atoms with Crippen molar-refractivity contribution in [3.05, 3.63) is 34.7 Å². The average Bonchev–Trinajstić information content (AvgIpc) is 2.75. The fourth-order valence-electron chi connectivity index (χ4n) is 1.40. The van der Waals surface area contributed by atoms with Crippen molar-refractivity contribution < 1.29 is 4.39 Å². The van der Waals surface area contributed by atoms with Crippen LogP contribution >= 0.6 is 27.3 Å². The summed E-state index contributed by atoms with van der Waals surface area (Å²) in [4.78, 5) is 5.06. The first kappa shape index (κ1) is 12.5. The van der Waals surface area contributed by atoms with E-state index < -0.39 is 0 Å². The maximum atomic E-state index is 13.7. The maximum Gasteiger partial charge on any atom is 0.183 e. The molecule has 0 bridgehead atoms. The van der Waals surface area contributed by atoms with E-state index in [-0.39, 0.29) is 5.82 Å². The molecular weight excluding hydrogens is 303 g/mol. The number of thiazole rings is 1. The summed E-state index contributed by atoms with van der Waals surface area (Å²) in [5.41, 5.74) is 0.593. The Balaban J connectivity index is 2.24. The number of nitrogens with zero attached hydrogens (tertiary/aromatic N) is 1. The van der Waals surface area contributed by atoms with Gasteiger partial charge in [0.2, 0.25) is 0 Å². The Labute approximate surface area is 112 Å². The van der Waals surface area contributed by atoms with Gasteiger partial charge in [-0.3, -0.25) is 0 Å². The highest BCUT2D eigenvalue weighted by molar-refractivity contribution is 9.10. The molecule has 5 heteroatoms. The van der Waals surface area contributed by atoms with E-state index in [1.165, 1.54) is 17.4 Å². The van der Waals surface area contributed by atoms with Crippen LogP contribution in [0, 0.1) is 5.82 Å². The van der Waals surface area contributed by atoms with Crippen LogP contribution in [0.15, 0.2) is 28.9 Å². The second-order valence-electron chi connectivity index (χ2n) is 3.58. The normalized spacial score (nSPS) is 10.5. The molecule has 2 rings (SSSR count). The number of anilines is 1. The lowest BCUT2D eigenvalue weighted by Gasteiger charge is -2.00. The molecule has 0 atom stereocenters. The summed E-state index contributed by atoms with van der Waals surface area (Å²) in [6.07, 6.45) is 2.75. The van der Waals surface area contributed by atoms with Crippen molar-refractivity contribution in [2.75, 3.05) is 11.9 Å². The Hall–Kier alpha value is -0.940. The van der Waals surface area contributed by atoms with Crippen molar-refractivity contribution in [1.29, 1.82) is 0 Å². The Morgan fingerprint density at radius 2 is 2.29 bits per heavy atom. The first-order valence-electron chi connectivity index (χ1n) is 5.36. The Morgan fingerprint density at radius 3 is 3.00 bits per heavy atom. The van der Waals surface area contributed by atoms with E-state index in [4.69, 9.17) is 0 Å². The van der Waals surface area contributed by atoms with Crippen molar-refractivity contribution in [3.63, 3.8) is 0 Å². The summed E-state index contributed by atoms with van der Waals surface area (Å²) < 4.78 is 14.5. The predicted octanol–water partition coefficient (Wildman–Crippen LogP) is 4.53. The van der Waals surface area contributed by atoms with Gasteiger partial charge in [-0.2, -0.15) is 0 Å². The van der Waals surface area contributed by atoms with Crippen LogP contribution in [0.1, 0.15) is 13.3 Å². The molecule has 2 nitrogen and oxygen atoms in total. The molecule has 0 radical (unpaired) electrons. The van der Waals surface area contributed by atoms with Gasteiger partial charge >= 0.3 is 0 Å². The molecule has 0 amide bonds. The summed E-state index contributed by atoms with van der Waals surface area (Å²) in [5, 5.41) is 4.03. The molecule has 0 saturated heterocycles. The maximum absolute atomic E-state index is 13.7. The van der Waals surface area contributed by atoms with Gasteiger partial charge in [-0.1, -0.05) is 34.2 Å². The Bertz CT molecular complexity index is 513. The lowest BCUT2D eigenvalue weighted by molar-refractivity contribution is 0.631. The zero-order valence-electron chi connectivity index (χ0n) is 9.34. The quantitative estimate of drug-likeness (QED) is 0.896. The van der Waals surface area contributed by atoms with Gasteiger partial charge in [0.05, 0.1) is 4.88 Å². The number of hydrogen-bond acceptors (Lipinski definition) is 3. The molecule has 1 aromatic carbocycles. The van der Waals surface area contributed by atoms with Crippen LogP contribution in [-0.2, 0) is 0 Å². The van der Waals surface area contributed by atoms with Crippen LogP contribution < -0.4 is 5.32 Å². The van der Waals surface area contributed by atoms with Crippen LogP contribution in [0.3, 0.4) is 0 Å². The summed E-state index contributed by atoms with van der Waals surface area (Å²) in [6, 6.07) is 5.06. The van der Waals surface area contributed by atoms with Gasteiger partial charge in [0, 0.05) is 22.8 Å². The predicted molar refractivity (Wildman–Crippen MR) is 74.0 cm³/mol. The second-order valence-corrected chi connectivity index (χ2v) is 5.53.